The molecule has 0 bridgehead atoms. The number of azide groups is 1. The summed E-state index contributed by atoms with van der Waals surface area (Å²) < 4.78 is 64.0. The third-order valence-electron chi connectivity index (χ3n) is 13.8. The Hall–Kier alpha value is -7.29. The summed E-state index contributed by atoms with van der Waals surface area (Å²) >= 11 is 0. The molecule has 3 N–H and O–H groups in total. The van der Waals surface area contributed by atoms with Crippen molar-refractivity contribution in [3.63, 3.8) is 0 Å². The van der Waals surface area contributed by atoms with E-state index in [0.29, 0.717) is 0 Å². The van der Waals surface area contributed by atoms with Crippen molar-refractivity contribution in [1.82, 2.24) is 5.32 Å². The average Bonchev–Trinajstić information content (AvgIpc) is 3.85. The van der Waals surface area contributed by atoms with Gasteiger partial charge in [0.2, 0.25) is 0 Å². The molecule has 412 valence electrons. The van der Waals surface area contributed by atoms with Gasteiger partial charge in [0.15, 0.2) is 18.6 Å². The van der Waals surface area contributed by atoms with E-state index in [-0.39, 0.29) is 52.2 Å². The van der Waals surface area contributed by atoms with Crippen molar-refractivity contribution in [2.45, 2.75) is 99.7 Å². The molecular formula is C61H64N4O14. The second-order valence-corrected chi connectivity index (χ2v) is 19.1. The van der Waals surface area contributed by atoms with Crippen LogP contribution in [-0.4, -0.2) is 123 Å². The first-order valence-electron chi connectivity index (χ1n) is 26.2. The number of rotatable bonds is 26. The highest BCUT2D eigenvalue weighted by Crippen LogP contribution is 2.44. The smallest absolute Gasteiger partial charge is 0.407 e. The number of aliphatic hydroxyl groups excluding tert-OH is 2. The fraction of sp³-hybridized carbons (Fsp3) is 0.344. The van der Waals surface area contributed by atoms with Gasteiger partial charge in [-0.3, -0.25) is 0 Å². The molecule has 0 unspecified atom stereocenters. The second kappa shape index (κ2) is 28.5. The normalized spacial score (nSPS) is 23.8. The Labute approximate surface area is 458 Å². The lowest BCUT2D eigenvalue weighted by atomic mass is 9.95. The second-order valence-electron chi connectivity index (χ2n) is 19.1. The van der Waals surface area contributed by atoms with E-state index in [2.05, 4.69) is 21.9 Å². The molecule has 11 atom stereocenters. The summed E-state index contributed by atoms with van der Waals surface area (Å²) in [6.45, 7) is 2.56. The van der Waals surface area contributed by atoms with Gasteiger partial charge in [-0.1, -0.05) is 188 Å². The highest BCUT2D eigenvalue weighted by Gasteiger charge is 2.54. The van der Waals surface area contributed by atoms with E-state index in [9.17, 15) is 25.3 Å². The van der Waals surface area contributed by atoms with Crippen LogP contribution in [0.4, 0.5) is 4.79 Å². The molecule has 2 saturated heterocycles. The minimum atomic E-state index is -1.67. The average molecular weight is 1080 g/mol. The summed E-state index contributed by atoms with van der Waals surface area (Å²) in [6.07, 6.45) is -11.0. The number of ether oxygens (including phenoxy) is 10. The Bertz CT molecular complexity index is 2870. The van der Waals surface area contributed by atoms with E-state index in [1.165, 1.54) is 6.08 Å². The quantitative estimate of drug-likeness (QED) is 0.0152. The summed E-state index contributed by atoms with van der Waals surface area (Å²) in [6, 6.07) is 51.0. The molecule has 2 aliphatic heterocycles. The molecule has 18 heteroatoms. The Morgan fingerprint density at radius 1 is 0.620 bits per heavy atom. The number of alkyl carbamates (subject to hydrolysis) is 1. The van der Waals surface area contributed by atoms with Gasteiger partial charge in [-0.25, -0.2) is 9.59 Å². The topological polar surface area (TPSA) is 228 Å². The van der Waals surface area contributed by atoms with E-state index in [1.807, 2.05) is 170 Å². The first kappa shape index (κ1) is 56.4. The van der Waals surface area contributed by atoms with Gasteiger partial charge in [0.05, 0.1) is 46.2 Å². The van der Waals surface area contributed by atoms with Gasteiger partial charge in [-0.2, -0.15) is 0 Å². The van der Waals surface area contributed by atoms with Gasteiger partial charge in [0, 0.05) is 10.8 Å². The van der Waals surface area contributed by atoms with Crippen LogP contribution in [0.25, 0.3) is 21.6 Å². The van der Waals surface area contributed by atoms with Crippen LogP contribution in [0.2, 0.25) is 0 Å². The zero-order valence-corrected chi connectivity index (χ0v) is 43.4. The van der Waals surface area contributed by atoms with Crippen LogP contribution in [0.3, 0.4) is 0 Å². The number of hydrogen-bond donors (Lipinski definition) is 3. The number of carbonyl (C=O) groups is 2. The predicted molar refractivity (Wildman–Crippen MR) is 288 cm³/mol. The highest BCUT2D eigenvalue weighted by molar-refractivity contribution is 5.82. The maximum absolute atomic E-state index is 13.6. The molecule has 0 radical (unpaired) electrons. The predicted octanol–water partition coefficient (Wildman–Crippen LogP) is 8.48. The number of fused-ring (bicyclic) bond motifs is 3. The zero-order valence-electron chi connectivity index (χ0n) is 43.4. The zero-order chi connectivity index (χ0) is 54.8. The molecule has 3 aliphatic rings. The van der Waals surface area contributed by atoms with Crippen molar-refractivity contribution in [3.8, 4) is 11.1 Å². The standard InChI is InChI=1S/C61H64N4O14/c1-2-31-71-58(68)49(63-61(69)76-37-48-46-29-17-15-27-44(46)45-28-16-18-30-47(45)48)38-75-59-52(64-65-62)55(53(67)50(32-66)77-59)79-60-57(74-36-43-25-13-6-14-26-43)56(73-35-42-23-11-5-12-24-42)54(72-34-41-21-9-4-10-22-41)51(78-60)39-70-33-40-19-7-3-8-20-40/h2-30,48-57,59-60,66-67H,1,31-39H2,(H,63,69)/t49-,50+,51+,52+,53-,54-,55+,56-,57+,59-,60-/m0/s1. The van der Waals surface area contributed by atoms with Crippen LogP contribution in [0.15, 0.2) is 188 Å². The van der Waals surface area contributed by atoms with Gasteiger partial charge < -0.3 is 62.9 Å². The van der Waals surface area contributed by atoms with Crippen LogP contribution in [0.5, 0.6) is 0 Å². The van der Waals surface area contributed by atoms with Gasteiger partial charge in [-0.15, -0.1) is 0 Å². The molecule has 18 nitrogen and oxygen atoms in total. The first-order valence-corrected chi connectivity index (χ1v) is 26.2. The molecule has 6 aromatic carbocycles. The van der Waals surface area contributed by atoms with Crippen LogP contribution < -0.4 is 5.32 Å². The molecule has 6 aromatic rings. The number of esters is 1. The molecular weight excluding hydrogens is 1010 g/mol. The number of aliphatic hydroxyl groups is 2. The number of amides is 1. The highest BCUT2D eigenvalue weighted by atomic mass is 16.7. The molecule has 0 spiro atoms. The van der Waals surface area contributed by atoms with E-state index >= 15 is 0 Å². The molecule has 1 aliphatic carbocycles. The third-order valence-corrected chi connectivity index (χ3v) is 13.8. The largest absolute Gasteiger partial charge is 0.460 e. The lowest BCUT2D eigenvalue weighted by Crippen LogP contribution is -2.65. The number of benzene rings is 6. The lowest BCUT2D eigenvalue weighted by molar-refractivity contribution is -0.358. The number of nitrogens with one attached hydrogen (secondary N) is 1. The summed E-state index contributed by atoms with van der Waals surface area (Å²) in [5.74, 6) is -1.18. The Balaban J connectivity index is 0.991. The Morgan fingerprint density at radius 3 is 1.67 bits per heavy atom. The van der Waals surface area contributed by atoms with Crippen molar-refractivity contribution in [3.05, 3.63) is 226 Å². The van der Waals surface area contributed by atoms with E-state index in [1.54, 1.807) is 0 Å². The maximum atomic E-state index is 13.6. The fourth-order valence-corrected chi connectivity index (χ4v) is 9.93. The third kappa shape index (κ3) is 14.7. The molecule has 9 rings (SSSR count). The SMILES string of the molecule is C=CCOC(=O)[C@H](CO[C@H]1O[C@H](CO)[C@H](O)[C@H](O[C@@H]2O[C@H](COCc3ccccc3)[C@H](OCc3ccccc3)[C@H](OCc3ccccc3)[C@H]2OCc2ccccc2)[C@H]1N=[N+]=[N-])NC(=O)OCC1c2ccccc2-c2ccccc21. The number of nitrogens with zero attached hydrogens (tertiary/aromatic N) is 3. The first-order chi connectivity index (χ1) is 38.8. The molecule has 79 heavy (non-hydrogen) atoms. The maximum Gasteiger partial charge on any atom is 0.407 e. The van der Waals surface area contributed by atoms with Crippen molar-refractivity contribution in [2.24, 2.45) is 5.11 Å². The van der Waals surface area contributed by atoms with Gasteiger partial charge in [0.25, 0.3) is 0 Å². The summed E-state index contributed by atoms with van der Waals surface area (Å²) in [4.78, 5) is 30.3. The van der Waals surface area contributed by atoms with Crippen molar-refractivity contribution in [1.29, 1.82) is 0 Å². The molecule has 0 aromatic heterocycles. The number of carbonyl (C=O) groups excluding carboxylic acids is 2. The molecule has 0 saturated carbocycles. The van der Waals surface area contributed by atoms with Crippen molar-refractivity contribution in [2.75, 3.05) is 33.0 Å². The van der Waals surface area contributed by atoms with Gasteiger partial charge in [-0.05, 0) is 50.0 Å². The number of hydrogen-bond acceptors (Lipinski definition) is 15. The Morgan fingerprint density at radius 2 is 1.13 bits per heavy atom. The van der Waals surface area contributed by atoms with Crippen LogP contribution >= 0.6 is 0 Å². The van der Waals surface area contributed by atoms with Crippen molar-refractivity contribution >= 4 is 12.1 Å². The van der Waals surface area contributed by atoms with E-state index in [4.69, 9.17) is 47.4 Å². The molecule has 2 fully saturated rings. The lowest BCUT2D eigenvalue weighted by Gasteiger charge is -2.49. The van der Waals surface area contributed by atoms with Crippen LogP contribution in [-0.2, 0) is 78.6 Å². The monoisotopic (exact) mass is 1080 g/mol. The molecule has 1 amide bonds. The molecule has 2 heterocycles. The van der Waals surface area contributed by atoms with Crippen LogP contribution in [0, 0.1) is 0 Å². The van der Waals surface area contributed by atoms with Gasteiger partial charge in [0.1, 0.15) is 62.0 Å². The van der Waals surface area contributed by atoms with E-state index < -0.39 is 92.7 Å². The fourth-order valence-electron chi connectivity index (χ4n) is 9.93. The minimum Gasteiger partial charge on any atom is -0.460 e. The van der Waals surface area contributed by atoms with Crippen molar-refractivity contribution < 1.29 is 67.2 Å². The van der Waals surface area contributed by atoms with Gasteiger partial charge >= 0.3 is 12.1 Å². The van der Waals surface area contributed by atoms with Crippen LogP contribution in [0.1, 0.15) is 39.3 Å². The van der Waals surface area contributed by atoms with E-state index in [0.717, 1.165) is 44.5 Å². The minimum absolute atomic E-state index is 0.0219. The summed E-state index contributed by atoms with van der Waals surface area (Å²) in [7, 11) is 0. The summed E-state index contributed by atoms with van der Waals surface area (Å²) in [5.41, 5.74) is 17.7. The summed E-state index contributed by atoms with van der Waals surface area (Å²) in [5, 5.41) is 29.3. The Kier molecular flexibility index (Phi) is 20.4.